The maximum Gasteiger partial charge on any atom is 0.167 e. The monoisotopic (exact) mass is 794 g/mol. The molecule has 0 saturated carbocycles. The number of para-hydroxylation sites is 3. The molecule has 0 N–H and O–H groups in total. The lowest BCUT2D eigenvalue weighted by Crippen LogP contribution is -2.04. The van der Waals surface area contributed by atoms with Gasteiger partial charge in [0.25, 0.3) is 0 Å². The Kier molecular flexibility index (Phi) is 8.56. The van der Waals surface area contributed by atoms with Gasteiger partial charge < -0.3 is 8.98 Å². The van der Waals surface area contributed by atoms with Gasteiger partial charge in [-0.25, -0.2) is 15.0 Å². The van der Waals surface area contributed by atoms with E-state index in [4.69, 9.17) is 19.4 Å². The van der Waals surface area contributed by atoms with Gasteiger partial charge in [-0.05, 0) is 77.6 Å². The van der Waals surface area contributed by atoms with E-state index < -0.39 is 0 Å². The summed E-state index contributed by atoms with van der Waals surface area (Å²) in [6, 6.07) is 66.1. The van der Waals surface area contributed by atoms with Crippen molar-refractivity contribution in [1.82, 2.24) is 19.5 Å². The van der Waals surface area contributed by atoms with Gasteiger partial charge in [0, 0.05) is 43.8 Å². The van der Waals surface area contributed by atoms with Crippen LogP contribution in [0.15, 0.2) is 211 Å². The van der Waals surface area contributed by atoms with Crippen LogP contribution in [-0.4, -0.2) is 19.5 Å². The SMILES string of the molecule is C1=CC(c2ccc3c(c2)c2ccccc2n3-c2c(-c3ccccc3)cc(-c3nc(-c4ccccc4)nc(-c4cccc5c4oc4ccccc45)n3)cc2-c2ccccc2)=CCC1. The first kappa shape index (κ1) is 35.8. The smallest absolute Gasteiger partial charge is 0.167 e. The van der Waals surface area contributed by atoms with E-state index in [-0.39, 0.29) is 0 Å². The van der Waals surface area contributed by atoms with E-state index in [1.54, 1.807) is 0 Å². The molecule has 0 saturated heterocycles. The predicted molar refractivity (Wildman–Crippen MR) is 255 cm³/mol. The summed E-state index contributed by atoms with van der Waals surface area (Å²) in [6.07, 6.45) is 9.04. The van der Waals surface area contributed by atoms with Crippen LogP contribution in [0.1, 0.15) is 18.4 Å². The molecule has 1 aliphatic carbocycles. The number of aromatic nitrogens is 4. The van der Waals surface area contributed by atoms with Crippen LogP contribution < -0.4 is 0 Å². The fraction of sp³-hybridized carbons (Fsp3) is 0.0351. The standard InChI is InChI=1S/C57H38N4O/c1-5-18-37(19-6-1)41-32-33-51-49(34-41)43-26-13-15-30-50(43)61(51)53-47(38-20-7-2-8-21-38)35-42(36-48(53)39-22-9-3-10-23-39)56-58-55(40-24-11-4-12-25-40)59-57(60-56)46-29-17-28-45-44-27-14-16-31-52(44)62-54(45)46/h2-5,7-36H,1,6H2. The third-order valence-electron chi connectivity index (χ3n) is 12.1. The molecule has 0 amide bonds. The number of furan rings is 1. The van der Waals surface area contributed by atoms with E-state index in [1.807, 2.05) is 54.6 Å². The molecule has 8 aromatic carbocycles. The zero-order valence-electron chi connectivity index (χ0n) is 33.7. The van der Waals surface area contributed by atoms with Crippen molar-refractivity contribution < 1.29 is 4.42 Å². The molecule has 3 aromatic heterocycles. The molecule has 5 nitrogen and oxygen atoms in total. The van der Waals surface area contributed by atoms with Gasteiger partial charge in [0.05, 0.1) is 22.3 Å². The number of nitrogens with zero attached hydrogens (tertiary/aromatic N) is 4. The average Bonchev–Trinajstić information content (AvgIpc) is 3.90. The molecule has 0 spiro atoms. The van der Waals surface area contributed by atoms with Crippen LogP contribution in [0.5, 0.6) is 0 Å². The fourth-order valence-electron chi connectivity index (χ4n) is 9.17. The van der Waals surface area contributed by atoms with Crippen LogP contribution in [0.25, 0.3) is 111 Å². The Morgan fingerprint density at radius 3 is 1.71 bits per heavy atom. The van der Waals surface area contributed by atoms with E-state index in [2.05, 4.69) is 156 Å². The van der Waals surface area contributed by atoms with Gasteiger partial charge in [-0.15, -0.1) is 0 Å². The third-order valence-corrected chi connectivity index (χ3v) is 12.1. The molecule has 12 rings (SSSR count). The maximum atomic E-state index is 6.54. The Labute approximate surface area is 358 Å². The van der Waals surface area contributed by atoms with Gasteiger partial charge >= 0.3 is 0 Å². The Hall–Kier alpha value is -8.15. The number of hydrogen-bond donors (Lipinski definition) is 0. The van der Waals surface area contributed by atoms with E-state index in [1.165, 1.54) is 21.9 Å². The highest BCUT2D eigenvalue weighted by Gasteiger charge is 2.24. The zero-order chi connectivity index (χ0) is 41.0. The van der Waals surface area contributed by atoms with E-state index in [9.17, 15) is 0 Å². The van der Waals surface area contributed by atoms with Crippen molar-refractivity contribution in [3.05, 3.63) is 212 Å². The van der Waals surface area contributed by atoms with E-state index in [0.717, 1.165) is 90.4 Å². The molecule has 0 bridgehead atoms. The quantitative estimate of drug-likeness (QED) is 0.161. The Bertz CT molecular complexity index is 3500. The van der Waals surface area contributed by atoms with Gasteiger partial charge in [-0.3, -0.25) is 0 Å². The zero-order valence-corrected chi connectivity index (χ0v) is 33.7. The minimum Gasteiger partial charge on any atom is -0.455 e. The van der Waals surface area contributed by atoms with Crippen LogP contribution >= 0.6 is 0 Å². The molecule has 0 aliphatic heterocycles. The molecule has 0 unspecified atom stereocenters. The first-order valence-electron chi connectivity index (χ1n) is 21.2. The minimum atomic E-state index is 0.547. The summed E-state index contributed by atoms with van der Waals surface area (Å²) in [7, 11) is 0. The van der Waals surface area contributed by atoms with Crippen molar-refractivity contribution in [2.75, 3.05) is 0 Å². The van der Waals surface area contributed by atoms with Crippen molar-refractivity contribution in [3.63, 3.8) is 0 Å². The van der Waals surface area contributed by atoms with Crippen molar-refractivity contribution in [2.24, 2.45) is 0 Å². The molecule has 11 aromatic rings. The highest BCUT2D eigenvalue weighted by atomic mass is 16.3. The Morgan fingerprint density at radius 1 is 0.403 bits per heavy atom. The van der Waals surface area contributed by atoms with Crippen LogP contribution in [0.2, 0.25) is 0 Å². The summed E-state index contributed by atoms with van der Waals surface area (Å²) in [5, 5.41) is 4.51. The number of fused-ring (bicyclic) bond motifs is 6. The van der Waals surface area contributed by atoms with Crippen molar-refractivity contribution in [2.45, 2.75) is 12.8 Å². The highest BCUT2D eigenvalue weighted by molar-refractivity contribution is 6.12. The van der Waals surface area contributed by atoms with Crippen molar-refractivity contribution in [1.29, 1.82) is 0 Å². The van der Waals surface area contributed by atoms with Gasteiger partial charge in [0.1, 0.15) is 11.2 Å². The molecule has 0 atom stereocenters. The van der Waals surface area contributed by atoms with E-state index >= 15 is 0 Å². The van der Waals surface area contributed by atoms with Crippen LogP contribution in [0, 0.1) is 0 Å². The Balaban J connectivity index is 1.16. The maximum absolute atomic E-state index is 6.54. The second-order valence-corrected chi connectivity index (χ2v) is 15.8. The number of allylic oxidation sites excluding steroid dienone is 4. The molecule has 0 radical (unpaired) electrons. The molecule has 62 heavy (non-hydrogen) atoms. The topological polar surface area (TPSA) is 56.7 Å². The lowest BCUT2D eigenvalue weighted by atomic mass is 9.92. The van der Waals surface area contributed by atoms with Crippen molar-refractivity contribution >= 4 is 49.3 Å². The molecule has 0 fully saturated rings. The highest BCUT2D eigenvalue weighted by Crippen LogP contribution is 2.45. The van der Waals surface area contributed by atoms with Gasteiger partial charge in [-0.2, -0.15) is 0 Å². The normalized spacial score (nSPS) is 12.7. The first-order chi connectivity index (χ1) is 30.7. The summed E-state index contributed by atoms with van der Waals surface area (Å²) in [4.78, 5) is 15.8. The predicted octanol–water partition coefficient (Wildman–Crippen LogP) is 14.9. The fourth-order valence-corrected chi connectivity index (χ4v) is 9.17. The summed E-state index contributed by atoms with van der Waals surface area (Å²) in [6.45, 7) is 0. The lowest BCUT2D eigenvalue weighted by Gasteiger charge is -2.21. The van der Waals surface area contributed by atoms with Gasteiger partial charge in [-0.1, -0.05) is 164 Å². The summed E-state index contributed by atoms with van der Waals surface area (Å²) < 4.78 is 9.01. The van der Waals surface area contributed by atoms with Crippen LogP contribution in [0.4, 0.5) is 0 Å². The first-order valence-corrected chi connectivity index (χ1v) is 21.2. The lowest BCUT2D eigenvalue weighted by molar-refractivity contribution is 0.669. The Morgan fingerprint density at radius 2 is 1.00 bits per heavy atom. The third kappa shape index (κ3) is 6.05. The summed E-state index contributed by atoms with van der Waals surface area (Å²) in [5.41, 5.74) is 14.4. The average molecular weight is 795 g/mol. The van der Waals surface area contributed by atoms with Crippen LogP contribution in [-0.2, 0) is 0 Å². The second kappa shape index (κ2) is 14.8. The molecular weight excluding hydrogens is 757 g/mol. The summed E-state index contributed by atoms with van der Waals surface area (Å²) in [5.74, 6) is 1.71. The van der Waals surface area contributed by atoms with Crippen LogP contribution in [0.3, 0.4) is 0 Å². The minimum absolute atomic E-state index is 0.547. The largest absolute Gasteiger partial charge is 0.455 e. The summed E-state index contributed by atoms with van der Waals surface area (Å²) >= 11 is 0. The second-order valence-electron chi connectivity index (χ2n) is 15.8. The van der Waals surface area contributed by atoms with Gasteiger partial charge in [0.2, 0.25) is 0 Å². The molecule has 1 aliphatic rings. The molecule has 3 heterocycles. The van der Waals surface area contributed by atoms with E-state index in [0.29, 0.717) is 17.5 Å². The number of benzene rings is 8. The molecule has 5 heteroatoms. The van der Waals surface area contributed by atoms with Crippen molar-refractivity contribution in [3.8, 4) is 62.1 Å². The molecular formula is C57H38N4O. The van der Waals surface area contributed by atoms with Gasteiger partial charge in [0.15, 0.2) is 17.5 Å². The molecule has 292 valence electrons. The number of hydrogen-bond acceptors (Lipinski definition) is 4. The number of rotatable bonds is 7.